The summed E-state index contributed by atoms with van der Waals surface area (Å²) in [5, 5.41) is 7.39. The standard InChI is InChI=1S/C9H18N4O/c1-5-13(6(2)3)7(4)8-9(10)12-14-11-8/h6-7H,5H2,1-4H3,(H2,10,12). The van der Waals surface area contributed by atoms with Crippen LogP contribution in [-0.4, -0.2) is 27.8 Å². The Hall–Kier alpha value is -1.10. The van der Waals surface area contributed by atoms with E-state index in [1.165, 1.54) is 0 Å². The lowest BCUT2D eigenvalue weighted by Gasteiger charge is -2.29. The number of nitrogens with two attached hydrogens (primary N) is 1. The molecule has 0 saturated heterocycles. The topological polar surface area (TPSA) is 68.2 Å². The Labute approximate surface area is 84.2 Å². The van der Waals surface area contributed by atoms with Crippen molar-refractivity contribution in [2.45, 2.75) is 39.8 Å². The Morgan fingerprint density at radius 3 is 2.36 bits per heavy atom. The summed E-state index contributed by atoms with van der Waals surface area (Å²) in [4.78, 5) is 2.27. The number of rotatable bonds is 4. The first kappa shape index (κ1) is 11.0. The molecule has 0 amide bonds. The molecule has 1 aromatic heterocycles. The maximum absolute atomic E-state index is 5.64. The second kappa shape index (κ2) is 4.41. The SMILES string of the molecule is CCN(C(C)C)C(C)c1nonc1N. The Kier molecular flexibility index (Phi) is 3.46. The highest BCUT2D eigenvalue weighted by Crippen LogP contribution is 2.23. The summed E-state index contributed by atoms with van der Waals surface area (Å²) in [6.07, 6.45) is 0. The predicted molar refractivity (Wildman–Crippen MR) is 54.6 cm³/mol. The van der Waals surface area contributed by atoms with Gasteiger partial charge in [0.15, 0.2) is 5.82 Å². The zero-order valence-electron chi connectivity index (χ0n) is 9.19. The lowest BCUT2D eigenvalue weighted by molar-refractivity contribution is 0.166. The Morgan fingerprint density at radius 2 is 2.00 bits per heavy atom. The zero-order chi connectivity index (χ0) is 10.7. The molecule has 0 aromatic carbocycles. The molecule has 5 heteroatoms. The summed E-state index contributed by atoms with van der Waals surface area (Å²) in [7, 11) is 0. The van der Waals surface area contributed by atoms with E-state index in [0.717, 1.165) is 12.2 Å². The van der Waals surface area contributed by atoms with Gasteiger partial charge in [0.2, 0.25) is 0 Å². The van der Waals surface area contributed by atoms with Crippen LogP contribution in [0.15, 0.2) is 4.63 Å². The van der Waals surface area contributed by atoms with Crippen LogP contribution in [0.25, 0.3) is 0 Å². The highest BCUT2D eigenvalue weighted by molar-refractivity contribution is 5.33. The van der Waals surface area contributed by atoms with Crippen molar-refractivity contribution >= 4 is 5.82 Å². The Bertz CT molecular complexity index is 284. The van der Waals surface area contributed by atoms with E-state index in [2.05, 4.69) is 47.5 Å². The molecule has 1 atom stereocenters. The number of hydrogen-bond donors (Lipinski definition) is 1. The minimum absolute atomic E-state index is 0.145. The molecule has 80 valence electrons. The van der Waals surface area contributed by atoms with Gasteiger partial charge in [0.1, 0.15) is 5.69 Å². The van der Waals surface area contributed by atoms with Crippen LogP contribution in [0.5, 0.6) is 0 Å². The van der Waals surface area contributed by atoms with E-state index in [0.29, 0.717) is 11.9 Å². The van der Waals surface area contributed by atoms with Crippen molar-refractivity contribution in [1.82, 2.24) is 15.2 Å². The molecule has 0 bridgehead atoms. The van der Waals surface area contributed by atoms with Gasteiger partial charge in [-0.25, -0.2) is 4.63 Å². The van der Waals surface area contributed by atoms with Crippen LogP contribution < -0.4 is 5.73 Å². The summed E-state index contributed by atoms with van der Waals surface area (Å²) < 4.78 is 4.59. The first-order valence-electron chi connectivity index (χ1n) is 4.91. The molecule has 0 aliphatic carbocycles. The molecular formula is C9H18N4O. The van der Waals surface area contributed by atoms with E-state index in [4.69, 9.17) is 5.73 Å². The fraction of sp³-hybridized carbons (Fsp3) is 0.778. The quantitative estimate of drug-likeness (QED) is 0.792. The van der Waals surface area contributed by atoms with Crippen LogP contribution in [0.2, 0.25) is 0 Å². The van der Waals surface area contributed by atoms with Crippen molar-refractivity contribution in [1.29, 1.82) is 0 Å². The molecule has 5 nitrogen and oxygen atoms in total. The van der Waals surface area contributed by atoms with Gasteiger partial charge in [-0.15, -0.1) is 0 Å². The van der Waals surface area contributed by atoms with Crippen LogP contribution >= 0.6 is 0 Å². The fourth-order valence-electron chi connectivity index (χ4n) is 1.74. The third-order valence-electron chi connectivity index (χ3n) is 2.46. The van der Waals surface area contributed by atoms with E-state index >= 15 is 0 Å². The molecular weight excluding hydrogens is 180 g/mol. The summed E-state index contributed by atoms with van der Waals surface area (Å²) >= 11 is 0. The highest BCUT2D eigenvalue weighted by atomic mass is 16.6. The maximum Gasteiger partial charge on any atom is 0.193 e. The number of nitrogen functional groups attached to an aromatic ring is 1. The number of hydrogen-bond acceptors (Lipinski definition) is 5. The third kappa shape index (κ3) is 2.04. The normalized spacial score (nSPS) is 13.9. The molecule has 0 saturated carbocycles. The summed E-state index contributed by atoms with van der Waals surface area (Å²) in [6, 6.07) is 0.595. The lowest BCUT2D eigenvalue weighted by atomic mass is 10.1. The molecule has 1 rings (SSSR count). The molecule has 0 aliphatic heterocycles. The van der Waals surface area contributed by atoms with Gasteiger partial charge in [-0.1, -0.05) is 12.1 Å². The number of nitrogens with zero attached hydrogens (tertiary/aromatic N) is 3. The zero-order valence-corrected chi connectivity index (χ0v) is 9.19. The van der Waals surface area contributed by atoms with Crippen molar-refractivity contribution in [3.05, 3.63) is 5.69 Å². The second-order valence-corrected chi connectivity index (χ2v) is 3.63. The largest absolute Gasteiger partial charge is 0.379 e. The van der Waals surface area contributed by atoms with Gasteiger partial charge < -0.3 is 5.73 Å². The summed E-state index contributed by atoms with van der Waals surface area (Å²) in [5.41, 5.74) is 6.36. The van der Waals surface area contributed by atoms with E-state index in [1.54, 1.807) is 0 Å². The third-order valence-corrected chi connectivity index (χ3v) is 2.46. The van der Waals surface area contributed by atoms with Crippen LogP contribution in [0.4, 0.5) is 5.82 Å². The van der Waals surface area contributed by atoms with Gasteiger partial charge in [-0.2, -0.15) is 0 Å². The smallest absolute Gasteiger partial charge is 0.193 e. The molecule has 0 spiro atoms. The number of anilines is 1. The van der Waals surface area contributed by atoms with E-state index < -0.39 is 0 Å². The van der Waals surface area contributed by atoms with Crippen molar-refractivity contribution in [3.8, 4) is 0 Å². The van der Waals surface area contributed by atoms with Crippen molar-refractivity contribution in [2.75, 3.05) is 12.3 Å². The second-order valence-electron chi connectivity index (χ2n) is 3.63. The Morgan fingerprint density at radius 1 is 1.36 bits per heavy atom. The lowest BCUT2D eigenvalue weighted by Crippen LogP contribution is -2.33. The summed E-state index contributed by atoms with van der Waals surface area (Å²) in [5.74, 6) is 0.386. The van der Waals surface area contributed by atoms with Gasteiger partial charge in [0, 0.05) is 6.04 Å². The van der Waals surface area contributed by atoms with Crippen molar-refractivity contribution < 1.29 is 4.63 Å². The van der Waals surface area contributed by atoms with E-state index in [-0.39, 0.29) is 6.04 Å². The van der Waals surface area contributed by atoms with Crippen LogP contribution in [0.1, 0.15) is 39.4 Å². The van der Waals surface area contributed by atoms with Gasteiger partial charge >= 0.3 is 0 Å². The van der Waals surface area contributed by atoms with Crippen molar-refractivity contribution in [2.24, 2.45) is 0 Å². The Balaban J connectivity index is 2.83. The molecule has 2 N–H and O–H groups in total. The molecule has 0 aliphatic rings. The van der Waals surface area contributed by atoms with Gasteiger partial charge in [0.25, 0.3) is 0 Å². The average Bonchev–Trinajstić information content (AvgIpc) is 2.51. The van der Waals surface area contributed by atoms with E-state index in [9.17, 15) is 0 Å². The van der Waals surface area contributed by atoms with Crippen LogP contribution in [0.3, 0.4) is 0 Å². The van der Waals surface area contributed by atoms with Gasteiger partial charge in [0.05, 0.1) is 6.04 Å². The summed E-state index contributed by atoms with van der Waals surface area (Å²) in [6.45, 7) is 9.40. The highest BCUT2D eigenvalue weighted by Gasteiger charge is 2.22. The van der Waals surface area contributed by atoms with E-state index in [1.807, 2.05) is 0 Å². The monoisotopic (exact) mass is 198 g/mol. The molecule has 1 heterocycles. The molecule has 0 radical (unpaired) electrons. The first-order valence-corrected chi connectivity index (χ1v) is 4.91. The predicted octanol–water partition coefficient (Wildman–Crippen LogP) is 1.44. The van der Waals surface area contributed by atoms with Gasteiger partial charge in [-0.3, -0.25) is 4.90 Å². The first-order chi connectivity index (χ1) is 6.57. The van der Waals surface area contributed by atoms with Gasteiger partial charge in [-0.05, 0) is 32.5 Å². The van der Waals surface area contributed by atoms with Crippen LogP contribution in [0, 0.1) is 0 Å². The van der Waals surface area contributed by atoms with Crippen molar-refractivity contribution in [3.63, 3.8) is 0 Å². The minimum atomic E-state index is 0.145. The minimum Gasteiger partial charge on any atom is -0.379 e. The van der Waals surface area contributed by atoms with Crippen LogP contribution in [-0.2, 0) is 0 Å². The molecule has 14 heavy (non-hydrogen) atoms. The number of aromatic nitrogens is 2. The molecule has 0 fully saturated rings. The average molecular weight is 198 g/mol. The maximum atomic E-state index is 5.64. The fourth-order valence-corrected chi connectivity index (χ4v) is 1.74. The molecule has 1 unspecified atom stereocenters. The molecule has 1 aromatic rings.